The Morgan fingerprint density at radius 2 is 2.55 bits per heavy atom. The van der Waals surface area contributed by atoms with Gasteiger partial charge in [-0.1, -0.05) is 0 Å². The number of nitrogens with zero attached hydrogens (tertiary/aromatic N) is 2. The zero-order chi connectivity index (χ0) is 14.4. The van der Waals surface area contributed by atoms with Gasteiger partial charge in [-0.15, -0.1) is 0 Å². The molecule has 1 saturated heterocycles. The lowest BCUT2D eigenvalue weighted by atomic mass is 10.3. The number of hydrogen-bond acceptors (Lipinski definition) is 6. The summed E-state index contributed by atoms with van der Waals surface area (Å²) in [5.41, 5.74) is 0.507. The number of rotatable bonds is 6. The lowest BCUT2D eigenvalue weighted by Crippen LogP contribution is -2.42. The van der Waals surface area contributed by atoms with Gasteiger partial charge in [-0.05, 0) is 15.9 Å². The lowest BCUT2D eigenvalue weighted by Gasteiger charge is -2.24. The van der Waals surface area contributed by atoms with E-state index in [1.807, 2.05) is 0 Å². The van der Waals surface area contributed by atoms with Crippen molar-refractivity contribution in [2.24, 2.45) is 0 Å². The molecule has 0 spiro atoms. The highest BCUT2D eigenvalue weighted by Crippen LogP contribution is 2.16. The van der Waals surface area contributed by atoms with Gasteiger partial charge in [0.05, 0.1) is 37.7 Å². The molecule has 0 radical (unpaired) electrons. The minimum Gasteiger partial charge on any atom is -0.383 e. The smallest absolute Gasteiger partial charge is 0.283 e. The van der Waals surface area contributed by atoms with Crippen LogP contribution in [-0.4, -0.2) is 55.8 Å². The van der Waals surface area contributed by atoms with Crippen molar-refractivity contribution in [1.82, 2.24) is 15.1 Å². The van der Waals surface area contributed by atoms with Crippen LogP contribution in [0.2, 0.25) is 0 Å². The summed E-state index contributed by atoms with van der Waals surface area (Å²) in [6.07, 6.45) is 1.74. The molecule has 0 amide bonds. The monoisotopic (exact) mass is 346 g/mol. The van der Waals surface area contributed by atoms with Crippen LogP contribution in [0.15, 0.2) is 15.5 Å². The fourth-order valence-corrected chi connectivity index (χ4v) is 2.35. The van der Waals surface area contributed by atoms with Crippen molar-refractivity contribution >= 4 is 21.6 Å². The Hall–Kier alpha value is -0.960. The fraction of sp³-hybridized carbons (Fsp3) is 0.667. The number of methoxy groups -OCH3 is 1. The summed E-state index contributed by atoms with van der Waals surface area (Å²) in [6.45, 7) is 3.93. The highest BCUT2D eigenvalue weighted by atomic mass is 79.9. The summed E-state index contributed by atoms with van der Waals surface area (Å²) in [6, 6.07) is 0. The summed E-state index contributed by atoms with van der Waals surface area (Å²) in [5, 5.41) is 10.6. The number of hydrogen-bond donors (Lipinski definition) is 2. The standard InChI is InChI=1S/C12H19BrN4O3/c1-19-5-3-17-12(18)11(13)10(8-16-17)15-7-9-6-14-2-4-20-9/h8-9,14-15H,2-7H2,1H3. The summed E-state index contributed by atoms with van der Waals surface area (Å²) >= 11 is 3.31. The van der Waals surface area contributed by atoms with Crippen molar-refractivity contribution in [3.63, 3.8) is 0 Å². The molecule has 2 heterocycles. The third-order valence-electron chi connectivity index (χ3n) is 3.02. The average molecular weight is 347 g/mol. The normalized spacial score (nSPS) is 19.0. The first-order valence-electron chi connectivity index (χ1n) is 6.53. The van der Waals surface area contributed by atoms with Crippen molar-refractivity contribution < 1.29 is 9.47 Å². The lowest BCUT2D eigenvalue weighted by molar-refractivity contribution is 0.0372. The topological polar surface area (TPSA) is 77.4 Å². The van der Waals surface area contributed by atoms with Crippen molar-refractivity contribution in [3.05, 3.63) is 21.0 Å². The van der Waals surface area contributed by atoms with E-state index < -0.39 is 0 Å². The number of morpholine rings is 1. The van der Waals surface area contributed by atoms with Crippen molar-refractivity contribution in [2.45, 2.75) is 12.6 Å². The van der Waals surface area contributed by atoms with E-state index >= 15 is 0 Å². The Morgan fingerprint density at radius 3 is 3.25 bits per heavy atom. The minimum atomic E-state index is -0.172. The van der Waals surface area contributed by atoms with E-state index in [1.54, 1.807) is 13.3 Å². The van der Waals surface area contributed by atoms with Gasteiger partial charge in [-0.2, -0.15) is 5.10 Å². The average Bonchev–Trinajstić information content (AvgIpc) is 2.49. The molecular weight excluding hydrogens is 328 g/mol. The molecule has 2 rings (SSSR count). The number of nitrogens with one attached hydrogen (secondary N) is 2. The predicted octanol–water partition coefficient (Wildman–Crippen LogP) is 0.0525. The van der Waals surface area contributed by atoms with Crippen LogP contribution >= 0.6 is 15.9 Å². The number of halogens is 1. The third kappa shape index (κ3) is 4.02. The second kappa shape index (κ2) is 7.72. The second-order valence-corrected chi connectivity index (χ2v) is 5.26. The van der Waals surface area contributed by atoms with Crippen LogP contribution in [0, 0.1) is 0 Å². The van der Waals surface area contributed by atoms with Crippen molar-refractivity contribution in [1.29, 1.82) is 0 Å². The molecule has 2 N–H and O–H groups in total. The molecule has 0 aromatic carbocycles. The SMILES string of the molecule is COCCn1ncc(NCC2CNCCO2)c(Br)c1=O. The van der Waals surface area contributed by atoms with Gasteiger partial charge in [0.15, 0.2) is 0 Å². The molecule has 1 aromatic rings. The Morgan fingerprint density at radius 1 is 1.70 bits per heavy atom. The van der Waals surface area contributed by atoms with Crippen LogP contribution in [0.25, 0.3) is 0 Å². The first-order chi connectivity index (χ1) is 9.72. The Kier molecular flexibility index (Phi) is 5.96. The molecule has 8 heteroatoms. The molecule has 0 aliphatic carbocycles. The summed E-state index contributed by atoms with van der Waals surface area (Å²) in [4.78, 5) is 12.1. The van der Waals surface area contributed by atoms with Crippen LogP contribution in [-0.2, 0) is 16.0 Å². The predicted molar refractivity (Wildman–Crippen MR) is 79.2 cm³/mol. The maximum absolute atomic E-state index is 12.1. The number of anilines is 1. The Labute approximate surface area is 125 Å². The van der Waals surface area contributed by atoms with E-state index in [0.29, 0.717) is 36.5 Å². The van der Waals surface area contributed by atoms with Crippen LogP contribution in [0.4, 0.5) is 5.69 Å². The van der Waals surface area contributed by atoms with Crippen molar-refractivity contribution in [2.75, 3.05) is 45.3 Å². The van der Waals surface area contributed by atoms with Crippen LogP contribution in [0.5, 0.6) is 0 Å². The molecule has 112 valence electrons. The summed E-state index contributed by atoms with van der Waals surface area (Å²) < 4.78 is 12.4. The maximum Gasteiger partial charge on any atom is 0.283 e. The second-order valence-electron chi connectivity index (χ2n) is 4.47. The zero-order valence-corrected chi connectivity index (χ0v) is 13.0. The minimum absolute atomic E-state index is 0.103. The van der Waals surface area contributed by atoms with Gasteiger partial charge in [0, 0.05) is 26.7 Å². The van der Waals surface area contributed by atoms with Crippen LogP contribution in [0.1, 0.15) is 0 Å². The molecule has 1 atom stereocenters. The van der Waals surface area contributed by atoms with E-state index in [-0.39, 0.29) is 11.7 Å². The highest BCUT2D eigenvalue weighted by Gasteiger charge is 2.14. The van der Waals surface area contributed by atoms with E-state index in [2.05, 4.69) is 31.7 Å². The molecule has 1 aliphatic heterocycles. The molecule has 0 saturated carbocycles. The number of aromatic nitrogens is 2. The van der Waals surface area contributed by atoms with Gasteiger partial charge >= 0.3 is 0 Å². The first-order valence-corrected chi connectivity index (χ1v) is 7.32. The quantitative estimate of drug-likeness (QED) is 0.758. The van der Waals surface area contributed by atoms with E-state index in [1.165, 1.54) is 4.68 Å². The molecule has 20 heavy (non-hydrogen) atoms. The van der Waals surface area contributed by atoms with E-state index in [9.17, 15) is 4.79 Å². The van der Waals surface area contributed by atoms with Gasteiger partial charge in [-0.25, -0.2) is 4.68 Å². The zero-order valence-electron chi connectivity index (χ0n) is 11.4. The number of ether oxygens (including phenoxy) is 2. The maximum atomic E-state index is 12.1. The van der Waals surface area contributed by atoms with E-state index in [4.69, 9.17) is 9.47 Å². The molecular formula is C12H19BrN4O3. The van der Waals surface area contributed by atoms with E-state index in [0.717, 1.165) is 13.1 Å². The van der Waals surface area contributed by atoms with Crippen molar-refractivity contribution in [3.8, 4) is 0 Å². The Bertz CT molecular complexity index is 488. The Balaban J connectivity index is 1.97. The van der Waals surface area contributed by atoms with Gasteiger partial charge in [0.2, 0.25) is 0 Å². The first kappa shape index (κ1) is 15.4. The summed E-state index contributed by atoms with van der Waals surface area (Å²) in [7, 11) is 1.59. The van der Waals surface area contributed by atoms with Gasteiger partial charge < -0.3 is 20.1 Å². The van der Waals surface area contributed by atoms with Crippen LogP contribution < -0.4 is 16.2 Å². The molecule has 1 aliphatic rings. The fourth-order valence-electron chi connectivity index (χ4n) is 1.90. The molecule has 1 aromatic heterocycles. The van der Waals surface area contributed by atoms with Gasteiger partial charge in [-0.3, -0.25) is 4.79 Å². The molecule has 1 fully saturated rings. The largest absolute Gasteiger partial charge is 0.383 e. The van der Waals surface area contributed by atoms with Crippen LogP contribution in [0.3, 0.4) is 0 Å². The third-order valence-corrected chi connectivity index (χ3v) is 3.78. The molecule has 0 bridgehead atoms. The molecule has 7 nitrogen and oxygen atoms in total. The molecule has 1 unspecified atom stereocenters. The van der Waals surface area contributed by atoms with Gasteiger partial charge in [0.25, 0.3) is 5.56 Å². The highest BCUT2D eigenvalue weighted by molar-refractivity contribution is 9.10. The summed E-state index contributed by atoms with van der Waals surface area (Å²) in [5.74, 6) is 0. The van der Waals surface area contributed by atoms with Gasteiger partial charge in [0.1, 0.15) is 4.47 Å².